The molecule has 168 valence electrons. The molecule has 5 rings (SSSR count). The van der Waals surface area contributed by atoms with Crippen LogP contribution in [0.2, 0.25) is 5.02 Å². The number of fused-ring (bicyclic) bond motifs is 1. The van der Waals surface area contributed by atoms with Crippen LogP contribution in [0.15, 0.2) is 64.0 Å². The first-order valence-electron chi connectivity index (χ1n) is 9.73. The number of aromatic amines is 1. The highest BCUT2D eigenvalue weighted by Crippen LogP contribution is 2.39. The first kappa shape index (κ1) is 21.1. The van der Waals surface area contributed by atoms with E-state index in [0.717, 1.165) is 17.8 Å². The van der Waals surface area contributed by atoms with E-state index >= 15 is 0 Å². The van der Waals surface area contributed by atoms with Gasteiger partial charge in [-0.1, -0.05) is 28.9 Å². The molecule has 0 saturated heterocycles. The molecule has 0 atom stereocenters. The molecule has 0 spiro atoms. The van der Waals surface area contributed by atoms with Gasteiger partial charge in [0.15, 0.2) is 17.4 Å². The molecule has 3 heterocycles. The summed E-state index contributed by atoms with van der Waals surface area (Å²) in [5.74, 6) is 0.591. The molecule has 33 heavy (non-hydrogen) atoms. The zero-order chi connectivity index (χ0) is 23.2. The van der Waals surface area contributed by atoms with Crippen molar-refractivity contribution in [3.63, 3.8) is 0 Å². The Morgan fingerprint density at radius 3 is 2.52 bits per heavy atom. The fraction of sp³-hybridized carbons (Fsp3) is 0.136. The number of H-pyrrole nitrogens is 1. The number of benzene rings is 2. The van der Waals surface area contributed by atoms with Gasteiger partial charge in [-0.15, -0.1) is 0 Å². The highest BCUT2D eigenvalue weighted by molar-refractivity contribution is 6.33. The minimum Gasteiger partial charge on any atom is -0.488 e. The predicted octanol–water partition coefficient (Wildman–Crippen LogP) is 5.29. The third kappa shape index (κ3) is 4.05. The second-order valence-electron chi connectivity index (χ2n) is 7.23. The van der Waals surface area contributed by atoms with Gasteiger partial charge in [0.2, 0.25) is 0 Å². The van der Waals surface area contributed by atoms with E-state index in [2.05, 4.69) is 19.6 Å². The quantitative estimate of drug-likeness (QED) is 0.434. The number of hydrogen-bond donors (Lipinski definition) is 1. The number of anilines is 2. The summed E-state index contributed by atoms with van der Waals surface area (Å²) in [6, 6.07) is 11.8. The molecule has 2 aromatic heterocycles. The summed E-state index contributed by atoms with van der Waals surface area (Å²) < 4.78 is 48.8. The van der Waals surface area contributed by atoms with Crippen LogP contribution in [0.1, 0.15) is 5.56 Å². The minimum atomic E-state index is -4.39. The van der Waals surface area contributed by atoms with Crippen molar-refractivity contribution in [2.75, 3.05) is 18.1 Å². The van der Waals surface area contributed by atoms with Crippen molar-refractivity contribution in [3.05, 3.63) is 75.9 Å². The Morgan fingerprint density at radius 2 is 1.85 bits per heavy atom. The van der Waals surface area contributed by atoms with Crippen LogP contribution in [-0.2, 0) is 6.18 Å². The number of hydrogen-bond acceptors (Lipinski definition) is 6. The Hall–Kier alpha value is -3.79. The molecule has 0 bridgehead atoms. The molecule has 0 fully saturated rings. The van der Waals surface area contributed by atoms with E-state index in [9.17, 15) is 18.0 Å². The van der Waals surface area contributed by atoms with Crippen molar-refractivity contribution in [2.45, 2.75) is 6.18 Å². The maximum Gasteiger partial charge on any atom is 0.439 e. The molecule has 7 nitrogen and oxygen atoms in total. The lowest BCUT2D eigenvalue weighted by Crippen LogP contribution is -2.29. The van der Waals surface area contributed by atoms with Crippen LogP contribution >= 0.6 is 11.6 Å². The standard InChI is InChI=1S/C22H14ClF3N4O3/c23-17-10-15(5-6-16(17)19-28-21(31)33-29-19)30-7-8-32-18-9-13(11-27-20(18)30)12-1-3-14(4-2-12)22(24,25)26/h1-6,9-11H,7-8H2,(H,28,29,31). The van der Waals surface area contributed by atoms with Gasteiger partial charge in [-0.25, -0.2) is 9.78 Å². The Bertz CT molecular complexity index is 1380. The average molecular weight is 475 g/mol. The monoisotopic (exact) mass is 474 g/mol. The van der Waals surface area contributed by atoms with Crippen LogP contribution in [0.3, 0.4) is 0 Å². The van der Waals surface area contributed by atoms with Crippen molar-refractivity contribution < 1.29 is 22.4 Å². The van der Waals surface area contributed by atoms with Crippen molar-refractivity contribution in [1.82, 2.24) is 15.1 Å². The van der Waals surface area contributed by atoms with E-state index in [1.807, 2.05) is 4.90 Å². The SMILES string of the molecule is O=c1[nH]c(-c2ccc(N3CCOc4cc(-c5ccc(C(F)(F)F)cc5)cnc43)cc2Cl)no1. The Kier molecular flexibility index (Phi) is 5.09. The average Bonchev–Trinajstić information content (AvgIpc) is 3.23. The molecule has 0 radical (unpaired) electrons. The smallest absolute Gasteiger partial charge is 0.439 e. The minimum absolute atomic E-state index is 0.221. The van der Waals surface area contributed by atoms with Gasteiger partial charge >= 0.3 is 11.9 Å². The number of rotatable bonds is 3. The summed E-state index contributed by atoms with van der Waals surface area (Å²) in [6.07, 6.45) is -2.81. The zero-order valence-corrected chi connectivity index (χ0v) is 17.4. The van der Waals surface area contributed by atoms with Gasteiger partial charge in [-0.2, -0.15) is 13.2 Å². The van der Waals surface area contributed by atoms with E-state index in [4.69, 9.17) is 16.3 Å². The van der Waals surface area contributed by atoms with Crippen LogP contribution < -0.4 is 15.4 Å². The van der Waals surface area contributed by atoms with Crippen molar-refractivity contribution in [2.24, 2.45) is 0 Å². The fourth-order valence-electron chi connectivity index (χ4n) is 3.57. The molecule has 1 N–H and O–H groups in total. The van der Waals surface area contributed by atoms with Gasteiger partial charge in [0.1, 0.15) is 6.61 Å². The van der Waals surface area contributed by atoms with Crippen LogP contribution in [0.5, 0.6) is 5.75 Å². The van der Waals surface area contributed by atoms with E-state index in [-0.39, 0.29) is 5.82 Å². The van der Waals surface area contributed by atoms with Gasteiger partial charge < -0.3 is 9.64 Å². The first-order chi connectivity index (χ1) is 15.8. The second-order valence-corrected chi connectivity index (χ2v) is 7.64. The number of halogens is 4. The lowest BCUT2D eigenvalue weighted by Gasteiger charge is -2.30. The van der Waals surface area contributed by atoms with E-state index in [1.165, 1.54) is 12.1 Å². The van der Waals surface area contributed by atoms with Crippen LogP contribution in [0, 0.1) is 0 Å². The molecule has 4 aromatic rings. The van der Waals surface area contributed by atoms with Crippen molar-refractivity contribution in [1.29, 1.82) is 0 Å². The Morgan fingerprint density at radius 1 is 1.06 bits per heavy atom. The highest BCUT2D eigenvalue weighted by Gasteiger charge is 2.30. The molecule has 0 aliphatic carbocycles. The predicted molar refractivity (Wildman–Crippen MR) is 115 cm³/mol. The number of nitrogens with one attached hydrogen (secondary N) is 1. The third-order valence-corrected chi connectivity index (χ3v) is 5.48. The number of aromatic nitrogens is 3. The largest absolute Gasteiger partial charge is 0.488 e. The zero-order valence-electron chi connectivity index (χ0n) is 16.7. The van der Waals surface area contributed by atoms with E-state index in [1.54, 1.807) is 30.5 Å². The summed E-state index contributed by atoms with van der Waals surface area (Å²) in [6.45, 7) is 0.886. The number of nitrogens with zero attached hydrogens (tertiary/aromatic N) is 3. The number of alkyl halides is 3. The maximum atomic E-state index is 12.8. The highest BCUT2D eigenvalue weighted by atomic mass is 35.5. The Labute approximate surface area is 189 Å². The van der Waals surface area contributed by atoms with Gasteiger partial charge in [0.05, 0.1) is 17.1 Å². The molecule has 0 amide bonds. The van der Waals surface area contributed by atoms with Gasteiger partial charge in [0, 0.05) is 23.0 Å². The van der Waals surface area contributed by atoms with Crippen molar-refractivity contribution >= 4 is 23.1 Å². The molecular weight excluding hydrogens is 461 g/mol. The molecule has 2 aromatic carbocycles. The summed E-state index contributed by atoms with van der Waals surface area (Å²) in [4.78, 5) is 20.1. The van der Waals surface area contributed by atoms with Crippen LogP contribution in [-0.4, -0.2) is 28.3 Å². The molecule has 0 saturated carbocycles. The topological polar surface area (TPSA) is 84.2 Å². The first-order valence-corrected chi connectivity index (χ1v) is 10.1. The molecule has 11 heteroatoms. The summed E-state index contributed by atoms with van der Waals surface area (Å²) in [5, 5.41) is 4.00. The van der Waals surface area contributed by atoms with Gasteiger partial charge in [-0.05, 0) is 42.0 Å². The fourth-order valence-corrected chi connectivity index (χ4v) is 3.83. The van der Waals surface area contributed by atoms with Crippen LogP contribution in [0.4, 0.5) is 24.7 Å². The van der Waals surface area contributed by atoms with Crippen LogP contribution in [0.25, 0.3) is 22.5 Å². The van der Waals surface area contributed by atoms with E-state index < -0.39 is 17.5 Å². The lowest BCUT2D eigenvalue weighted by atomic mass is 10.0. The lowest BCUT2D eigenvalue weighted by molar-refractivity contribution is -0.137. The summed E-state index contributed by atoms with van der Waals surface area (Å²) in [7, 11) is 0. The maximum absolute atomic E-state index is 12.8. The van der Waals surface area contributed by atoms with E-state index in [0.29, 0.717) is 46.4 Å². The summed E-state index contributed by atoms with van der Waals surface area (Å²) in [5.41, 5.74) is 1.76. The third-order valence-electron chi connectivity index (χ3n) is 5.17. The molecule has 1 aliphatic heterocycles. The molecule has 0 unspecified atom stereocenters. The second kappa shape index (κ2) is 7.96. The number of pyridine rings is 1. The molecular formula is C22H14ClF3N4O3. The summed E-state index contributed by atoms with van der Waals surface area (Å²) >= 11 is 6.41. The van der Waals surface area contributed by atoms with Gasteiger partial charge in [0.25, 0.3) is 0 Å². The van der Waals surface area contributed by atoms with Crippen molar-refractivity contribution in [3.8, 4) is 28.3 Å². The molecule has 1 aliphatic rings. The Balaban J connectivity index is 1.45. The number of ether oxygens (including phenoxy) is 1. The normalized spacial score (nSPS) is 13.5. The van der Waals surface area contributed by atoms with Gasteiger partial charge in [-0.3, -0.25) is 9.51 Å².